The molecule has 15 heavy (non-hydrogen) atoms. The molecule has 0 saturated carbocycles. The quantitative estimate of drug-likeness (QED) is 0.860. The van der Waals surface area contributed by atoms with Gasteiger partial charge in [0.05, 0.1) is 0 Å². The summed E-state index contributed by atoms with van der Waals surface area (Å²) in [7, 11) is -3.73. The van der Waals surface area contributed by atoms with Gasteiger partial charge in [-0.2, -0.15) is 0 Å². The molecular formula is C10H14FNO2S. The molecule has 0 heterocycles. The van der Waals surface area contributed by atoms with E-state index in [1.807, 2.05) is 6.92 Å². The van der Waals surface area contributed by atoms with Crippen molar-refractivity contribution in [3.8, 4) is 0 Å². The first kappa shape index (κ1) is 12.1. The molecular weight excluding hydrogens is 217 g/mol. The van der Waals surface area contributed by atoms with Crippen LogP contribution < -0.4 is 4.72 Å². The summed E-state index contributed by atoms with van der Waals surface area (Å²) in [6, 6.07) is 5.13. The number of benzene rings is 1. The summed E-state index contributed by atoms with van der Waals surface area (Å²) in [5.74, 6) is -0.728. The van der Waals surface area contributed by atoms with Gasteiger partial charge in [-0.05, 0) is 25.5 Å². The van der Waals surface area contributed by atoms with Crippen LogP contribution in [-0.4, -0.2) is 14.5 Å². The standard InChI is InChI=1S/C10H14FNO2S/c1-3-8(2)12-15(13,14)10-7-5-4-6-9(10)11/h4-8,12H,3H2,1-2H3/t8-/m0/s1. The highest BCUT2D eigenvalue weighted by atomic mass is 32.2. The minimum atomic E-state index is -3.73. The Kier molecular flexibility index (Phi) is 3.82. The molecule has 0 spiro atoms. The van der Waals surface area contributed by atoms with Crippen LogP contribution in [0.4, 0.5) is 4.39 Å². The summed E-state index contributed by atoms with van der Waals surface area (Å²) in [6.45, 7) is 3.59. The van der Waals surface area contributed by atoms with E-state index < -0.39 is 15.8 Å². The van der Waals surface area contributed by atoms with Crippen LogP contribution in [0.5, 0.6) is 0 Å². The van der Waals surface area contributed by atoms with E-state index in [0.29, 0.717) is 6.42 Å². The highest BCUT2D eigenvalue weighted by Crippen LogP contribution is 2.13. The molecule has 0 aliphatic carbocycles. The number of hydrogen-bond acceptors (Lipinski definition) is 2. The maximum Gasteiger partial charge on any atom is 0.243 e. The molecule has 0 fully saturated rings. The normalized spacial score (nSPS) is 13.8. The molecule has 0 saturated heterocycles. The number of hydrogen-bond donors (Lipinski definition) is 1. The predicted octanol–water partition coefficient (Wildman–Crippen LogP) is 1.90. The Morgan fingerprint density at radius 2 is 2.00 bits per heavy atom. The van der Waals surface area contributed by atoms with E-state index in [1.54, 1.807) is 6.92 Å². The fraction of sp³-hybridized carbons (Fsp3) is 0.400. The van der Waals surface area contributed by atoms with E-state index >= 15 is 0 Å². The Hall–Kier alpha value is -0.940. The number of rotatable bonds is 4. The van der Waals surface area contributed by atoms with E-state index in [4.69, 9.17) is 0 Å². The van der Waals surface area contributed by atoms with Gasteiger partial charge in [0.25, 0.3) is 0 Å². The minimum absolute atomic E-state index is 0.199. The number of sulfonamides is 1. The third-order valence-corrected chi connectivity index (χ3v) is 3.72. The van der Waals surface area contributed by atoms with Crippen LogP contribution in [0, 0.1) is 5.82 Å². The summed E-state index contributed by atoms with van der Waals surface area (Å²) in [6.07, 6.45) is 0.660. The van der Waals surface area contributed by atoms with Crippen LogP contribution in [0.15, 0.2) is 29.2 Å². The van der Waals surface area contributed by atoms with Crippen molar-refractivity contribution < 1.29 is 12.8 Å². The molecule has 1 atom stereocenters. The van der Waals surface area contributed by atoms with Crippen LogP contribution >= 0.6 is 0 Å². The molecule has 0 aliphatic rings. The van der Waals surface area contributed by atoms with Crippen LogP contribution in [0.2, 0.25) is 0 Å². The van der Waals surface area contributed by atoms with Gasteiger partial charge in [0, 0.05) is 6.04 Å². The summed E-state index contributed by atoms with van der Waals surface area (Å²) >= 11 is 0. The Balaban J connectivity index is 3.02. The van der Waals surface area contributed by atoms with Gasteiger partial charge >= 0.3 is 0 Å². The molecule has 1 aromatic rings. The molecule has 0 aromatic heterocycles. The topological polar surface area (TPSA) is 46.2 Å². The zero-order chi connectivity index (χ0) is 11.5. The monoisotopic (exact) mass is 231 g/mol. The molecule has 0 unspecified atom stereocenters. The van der Waals surface area contributed by atoms with E-state index in [0.717, 1.165) is 6.07 Å². The molecule has 1 aromatic carbocycles. The van der Waals surface area contributed by atoms with Crippen molar-refractivity contribution in [3.05, 3.63) is 30.1 Å². The van der Waals surface area contributed by atoms with Crippen LogP contribution in [0.1, 0.15) is 20.3 Å². The summed E-state index contributed by atoms with van der Waals surface area (Å²) in [4.78, 5) is -0.301. The molecule has 0 bridgehead atoms. The van der Waals surface area contributed by atoms with Crippen molar-refractivity contribution in [1.29, 1.82) is 0 Å². The molecule has 3 nitrogen and oxygen atoms in total. The van der Waals surface area contributed by atoms with Crippen LogP contribution in [-0.2, 0) is 10.0 Å². The smallest absolute Gasteiger partial charge is 0.208 e. The summed E-state index contributed by atoms with van der Waals surface area (Å²) in [5.41, 5.74) is 0. The first-order valence-electron chi connectivity index (χ1n) is 4.74. The van der Waals surface area contributed by atoms with Crippen LogP contribution in [0.25, 0.3) is 0 Å². The van der Waals surface area contributed by atoms with Gasteiger partial charge in [-0.1, -0.05) is 19.1 Å². The van der Waals surface area contributed by atoms with E-state index in [2.05, 4.69) is 4.72 Å². The van der Waals surface area contributed by atoms with E-state index in [1.165, 1.54) is 18.2 Å². The van der Waals surface area contributed by atoms with Gasteiger partial charge in [-0.15, -0.1) is 0 Å². The Morgan fingerprint density at radius 3 is 2.53 bits per heavy atom. The van der Waals surface area contributed by atoms with Crippen molar-refractivity contribution in [2.24, 2.45) is 0 Å². The zero-order valence-corrected chi connectivity index (χ0v) is 9.51. The molecule has 1 rings (SSSR count). The first-order valence-corrected chi connectivity index (χ1v) is 6.22. The van der Waals surface area contributed by atoms with Gasteiger partial charge in [0.15, 0.2) is 0 Å². The fourth-order valence-electron chi connectivity index (χ4n) is 1.07. The predicted molar refractivity (Wildman–Crippen MR) is 56.5 cm³/mol. The molecule has 0 radical (unpaired) electrons. The Bertz CT molecular complexity index is 431. The molecule has 5 heteroatoms. The number of halogens is 1. The lowest BCUT2D eigenvalue weighted by Gasteiger charge is -2.12. The Morgan fingerprint density at radius 1 is 1.40 bits per heavy atom. The fourth-order valence-corrected chi connectivity index (χ4v) is 2.48. The highest BCUT2D eigenvalue weighted by molar-refractivity contribution is 7.89. The van der Waals surface area contributed by atoms with Gasteiger partial charge in [0.2, 0.25) is 10.0 Å². The maximum absolute atomic E-state index is 13.2. The average Bonchev–Trinajstić information content (AvgIpc) is 2.17. The minimum Gasteiger partial charge on any atom is -0.208 e. The first-order chi connectivity index (χ1) is 6.97. The van der Waals surface area contributed by atoms with Gasteiger partial charge in [0.1, 0.15) is 10.7 Å². The SMILES string of the molecule is CC[C@H](C)NS(=O)(=O)c1ccccc1F. The van der Waals surface area contributed by atoms with Crippen molar-refractivity contribution in [3.63, 3.8) is 0 Å². The van der Waals surface area contributed by atoms with E-state index in [9.17, 15) is 12.8 Å². The van der Waals surface area contributed by atoms with E-state index in [-0.39, 0.29) is 10.9 Å². The Labute approximate surface area is 89.4 Å². The third-order valence-electron chi connectivity index (χ3n) is 2.09. The van der Waals surface area contributed by atoms with Crippen molar-refractivity contribution in [2.45, 2.75) is 31.2 Å². The third kappa shape index (κ3) is 3.00. The second kappa shape index (κ2) is 4.72. The second-order valence-corrected chi connectivity index (χ2v) is 5.04. The molecule has 84 valence electrons. The van der Waals surface area contributed by atoms with Crippen LogP contribution in [0.3, 0.4) is 0 Å². The second-order valence-electron chi connectivity index (χ2n) is 3.36. The lowest BCUT2D eigenvalue weighted by atomic mass is 10.3. The van der Waals surface area contributed by atoms with Gasteiger partial charge in [-0.3, -0.25) is 0 Å². The summed E-state index contributed by atoms with van der Waals surface area (Å²) < 4.78 is 39.0. The average molecular weight is 231 g/mol. The van der Waals surface area contributed by atoms with Gasteiger partial charge < -0.3 is 0 Å². The molecule has 0 amide bonds. The zero-order valence-electron chi connectivity index (χ0n) is 8.70. The van der Waals surface area contributed by atoms with Gasteiger partial charge in [-0.25, -0.2) is 17.5 Å². The lowest BCUT2D eigenvalue weighted by Crippen LogP contribution is -2.32. The van der Waals surface area contributed by atoms with Crippen molar-refractivity contribution >= 4 is 10.0 Å². The van der Waals surface area contributed by atoms with Crippen molar-refractivity contribution in [1.82, 2.24) is 4.72 Å². The largest absolute Gasteiger partial charge is 0.243 e. The summed E-state index contributed by atoms with van der Waals surface area (Å²) in [5, 5.41) is 0. The maximum atomic E-state index is 13.2. The molecule has 1 N–H and O–H groups in total. The highest BCUT2D eigenvalue weighted by Gasteiger charge is 2.19. The molecule has 0 aliphatic heterocycles. The number of nitrogens with one attached hydrogen (secondary N) is 1. The lowest BCUT2D eigenvalue weighted by molar-refractivity contribution is 0.539. The van der Waals surface area contributed by atoms with Crippen molar-refractivity contribution in [2.75, 3.05) is 0 Å².